The standard InChI is InChI=1S/C21H30N6O/c1-2-22-21(23-11-6-14-27-15-7-12-25-27)24-16-18-8-3-4-9-19(18)17-26-13-5-10-20(26)28/h3-4,7-9,12,15H,2,5-6,10-11,13-14,16-17H2,1H3,(H2,22,23,24). The van der Waals surface area contributed by atoms with Gasteiger partial charge in [-0.2, -0.15) is 5.10 Å². The van der Waals surface area contributed by atoms with E-state index in [0.717, 1.165) is 50.5 Å². The minimum absolute atomic E-state index is 0.255. The molecule has 28 heavy (non-hydrogen) atoms. The molecule has 1 amide bonds. The Morgan fingerprint density at radius 3 is 2.79 bits per heavy atom. The number of carbonyl (C=O) groups is 1. The van der Waals surface area contributed by atoms with Crippen LogP contribution in [0.5, 0.6) is 0 Å². The molecule has 0 radical (unpaired) electrons. The lowest BCUT2D eigenvalue weighted by Gasteiger charge is -2.18. The molecule has 1 aliphatic heterocycles. The quantitative estimate of drug-likeness (QED) is 0.396. The number of carbonyl (C=O) groups excluding carboxylic acids is 1. The van der Waals surface area contributed by atoms with Crippen LogP contribution >= 0.6 is 0 Å². The Balaban J connectivity index is 1.55. The largest absolute Gasteiger partial charge is 0.357 e. The van der Waals surface area contributed by atoms with Crippen LogP contribution in [-0.4, -0.2) is 46.2 Å². The van der Waals surface area contributed by atoms with E-state index in [1.807, 2.05) is 34.0 Å². The van der Waals surface area contributed by atoms with E-state index in [-0.39, 0.29) is 5.91 Å². The molecular formula is C21H30N6O. The van der Waals surface area contributed by atoms with Crippen LogP contribution in [0.1, 0.15) is 37.3 Å². The number of nitrogens with zero attached hydrogens (tertiary/aromatic N) is 4. The first kappa shape index (κ1) is 19.9. The molecule has 2 aromatic rings. The van der Waals surface area contributed by atoms with Gasteiger partial charge in [0.2, 0.25) is 5.91 Å². The van der Waals surface area contributed by atoms with Crippen LogP contribution in [0.2, 0.25) is 0 Å². The molecule has 2 heterocycles. The fourth-order valence-electron chi connectivity index (χ4n) is 3.33. The first-order valence-electron chi connectivity index (χ1n) is 10.1. The van der Waals surface area contributed by atoms with E-state index >= 15 is 0 Å². The van der Waals surface area contributed by atoms with Gasteiger partial charge in [-0.3, -0.25) is 9.48 Å². The maximum Gasteiger partial charge on any atom is 0.222 e. The Morgan fingerprint density at radius 1 is 1.21 bits per heavy atom. The average Bonchev–Trinajstić information content (AvgIpc) is 3.36. The van der Waals surface area contributed by atoms with Crippen LogP contribution in [0, 0.1) is 0 Å². The molecular weight excluding hydrogens is 352 g/mol. The third-order valence-corrected chi connectivity index (χ3v) is 4.82. The molecule has 0 aliphatic carbocycles. The van der Waals surface area contributed by atoms with E-state index < -0.39 is 0 Å². The minimum Gasteiger partial charge on any atom is -0.357 e. The lowest BCUT2D eigenvalue weighted by atomic mass is 10.1. The topological polar surface area (TPSA) is 74.6 Å². The molecule has 150 valence electrons. The molecule has 1 aliphatic rings. The lowest BCUT2D eigenvalue weighted by Crippen LogP contribution is -2.38. The lowest BCUT2D eigenvalue weighted by molar-refractivity contribution is -0.128. The van der Waals surface area contributed by atoms with Crippen molar-refractivity contribution >= 4 is 11.9 Å². The maximum absolute atomic E-state index is 11.9. The first-order chi connectivity index (χ1) is 13.8. The fourth-order valence-corrected chi connectivity index (χ4v) is 3.33. The van der Waals surface area contributed by atoms with Gasteiger partial charge in [0.25, 0.3) is 0 Å². The van der Waals surface area contributed by atoms with E-state index in [1.54, 1.807) is 6.20 Å². The molecule has 1 fully saturated rings. The van der Waals surface area contributed by atoms with Gasteiger partial charge in [-0.1, -0.05) is 24.3 Å². The number of hydrogen-bond donors (Lipinski definition) is 2. The Labute approximate surface area is 166 Å². The van der Waals surface area contributed by atoms with Crippen molar-refractivity contribution in [1.82, 2.24) is 25.3 Å². The molecule has 7 nitrogen and oxygen atoms in total. The summed E-state index contributed by atoms with van der Waals surface area (Å²) in [4.78, 5) is 18.6. The summed E-state index contributed by atoms with van der Waals surface area (Å²) in [5.74, 6) is 1.07. The van der Waals surface area contributed by atoms with E-state index in [0.29, 0.717) is 19.5 Å². The fraction of sp³-hybridized carbons (Fsp3) is 0.476. The third kappa shape index (κ3) is 5.84. The second-order valence-corrected chi connectivity index (χ2v) is 6.93. The molecule has 0 atom stereocenters. The number of amides is 1. The van der Waals surface area contributed by atoms with E-state index in [4.69, 9.17) is 4.99 Å². The Morgan fingerprint density at radius 2 is 2.07 bits per heavy atom. The number of aromatic nitrogens is 2. The number of likely N-dealkylation sites (tertiary alicyclic amines) is 1. The number of guanidine groups is 1. The summed E-state index contributed by atoms with van der Waals surface area (Å²) in [5.41, 5.74) is 2.34. The summed E-state index contributed by atoms with van der Waals surface area (Å²) in [6.45, 7) is 6.71. The zero-order valence-corrected chi connectivity index (χ0v) is 16.6. The molecule has 0 saturated carbocycles. The highest BCUT2D eigenvalue weighted by Crippen LogP contribution is 2.17. The molecule has 0 spiro atoms. The zero-order valence-electron chi connectivity index (χ0n) is 16.6. The van der Waals surface area contributed by atoms with Crippen LogP contribution in [-0.2, 0) is 24.4 Å². The highest BCUT2D eigenvalue weighted by atomic mass is 16.2. The van der Waals surface area contributed by atoms with Crippen LogP contribution in [0.25, 0.3) is 0 Å². The molecule has 1 aromatic carbocycles. The number of hydrogen-bond acceptors (Lipinski definition) is 3. The van der Waals surface area contributed by atoms with Crippen molar-refractivity contribution in [1.29, 1.82) is 0 Å². The summed E-state index contributed by atoms with van der Waals surface area (Å²) >= 11 is 0. The maximum atomic E-state index is 11.9. The SMILES string of the molecule is CCNC(=NCc1ccccc1CN1CCCC1=O)NCCCn1cccn1. The number of rotatable bonds is 9. The van der Waals surface area contributed by atoms with Crippen molar-refractivity contribution in [2.45, 2.75) is 45.8 Å². The number of aliphatic imine (C=N–C) groups is 1. The van der Waals surface area contributed by atoms with Crippen molar-refractivity contribution < 1.29 is 4.79 Å². The van der Waals surface area contributed by atoms with Gasteiger partial charge in [0.05, 0.1) is 6.54 Å². The van der Waals surface area contributed by atoms with Gasteiger partial charge in [-0.15, -0.1) is 0 Å². The number of aryl methyl sites for hydroxylation is 1. The Hall–Kier alpha value is -2.83. The summed E-state index contributed by atoms with van der Waals surface area (Å²) in [7, 11) is 0. The summed E-state index contributed by atoms with van der Waals surface area (Å²) in [6, 6.07) is 10.2. The molecule has 0 bridgehead atoms. The van der Waals surface area contributed by atoms with Crippen molar-refractivity contribution in [3.8, 4) is 0 Å². The molecule has 1 saturated heterocycles. The van der Waals surface area contributed by atoms with Crippen molar-refractivity contribution in [2.75, 3.05) is 19.6 Å². The van der Waals surface area contributed by atoms with Gasteiger partial charge in [0.1, 0.15) is 0 Å². The van der Waals surface area contributed by atoms with Crippen LogP contribution < -0.4 is 10.6 Å². The van der Waals surface area contributed by atoms with Gasteiger partial charge in [0.15, 0.2) is 5.96 Å². The highest BCUT2D eigenvalue weighted by Gasteiger charge is 2.20. The summed E-state index contributed by atoms with van der Waals surface area (Å²) in [6.07, 6.45) is 6.38. The molecule has 0 unspecified atom stereocenters. The van der Waals surface area contributed by atoms with Crippen LogP contribution in [0.3, 0.4) is 0 Å². The summed E-state index contributed by atoms with van der Waals surface area (Å²) < 4.78 is 1.93. The normalized spacial score (nSPS) is 14.5. The van der Waals surface area contributed by atoms with Gasteiger partial charge >= 0.3 is 0 Å². The Kier molecular flexibility index (Phi) is 7.46. The van der Waals surface area contributed by atoms with E-state index in [9.17, 15) is 4.79 Å². The van der Waals surface area contributed by atoms with Crippen molar-refractivity contribution in [2.24, 2.45) is 4.99 Å². The molecule has 7 heteroatoms. The molecule has 1 aromatic heterocycles. The predicted octanol–water partition coefficient (Wildman–Crippen LogP) is 2.15. The number of nitrogens with one attached hydrogen (secondary N) is 2. The van der Waals surface area contributed by atoms with Crippen LogP contribution in [0.4, 0.5) is 0 Å². The predicted molar refractivity (Wildman–Crippen MR) is 111 cm³/mol. The highest BCUT2D eigenvalue weighted by molar-refractivity contribution is 5.79. The van der Waals surface area contributed by atoms with Crippen LogP contribution in [0.15, 0.2) is 47.7 Å². The zero-order chi connectivity index (χ0) is 19.6. The minimum atomic E-state index is 0.255. The van der Waals surface area contributed by atoms with Crippen molar-refractivity contribution in [3.05, 3.63) is 53.9 Å². The Bertz CT molecular complexity index is 771. The first-order valence-corrected chi connectivity index (χ1v) is 10.1. The number of benzene rings is 1. The molecule has 2 N–H and O–H groups in total. The third-order valence-electron chi connectivity index (χ3n) is 4.82. The van der Waals surface area contributed by atoms with Crippen molar-refractivity contribution in [3.63, 3.8) is 0 Å². The van der Waals surface area contributed by atoms with Gasteiger partial charge in [-0.25, -0.2) is 4.99 Å². The summed E-state index contributed by atoms with van der Waals surface area (Å²) in [5, 5.41) is 10.9. The molecule has 3 rings (SSSR count). The second-order valence-electron chi connectivity index (χ2n) is 6.93. The van der Waals surface area contributed by atoms with E-state index in [1.165, 1.54) is 5.56 Å². The smallest absolute Gasteiger partial charge is 0.222 e. The second kappa shape index (κ2) is 10.5. The van der Waals surface area contributed by atoms with Gasteiger partial charge < -0.3 is 15.5 Å². The average molecular weight is 383 g/mol. The van der Waals surface area contributed by atoms with E-state index in [2.05, 4.69) is 34.8 Å². The van der Waals surface area contributed by atoms with Gasteiger partial charge in [0, 0.05) is 51.5 Å². The van der Waals surface area contributed by atoms with Gasteiger partial charge in [-0.05, 0) is 37.0 Å². The monoisotopic (exact) mass is 382 g/mol.